The zero-order valence-corrected chi connectivity index (χ0v) is 17.3. The summed E-state index contributed by atoms with van der Waals surface area (Å²) < 4.78 is 23.5. The molecular formula is C16H18BrN5O7. The highest BCUT2D eigenvalue weighted by Crippen LogP contribution is 2.38. The molecule has 3 rings (SSSR count). The van der Waals surface area contributed by atoms with Crippen LogP contribution in [0.4, 0.5) is 5.82 Å². The number of nitrogen functional groups attached to an aromatic ring is 1. The van der Waals surface area contributed by atoms with Crippen LogP contribution in [0.15, 0.2) is 11.1 Å². The van der Waals surface area contributed by atoms with E-state index in [1.165, 1.54) is 31.7 Å². The van der Waals surface area contributed by atoms with Gasteiger partial charge in [-0.2, -0.15) is 0 Å². The number of aromatic nitrogens is 4. The highest BCUT2D eigenvalue weighted by molar-refractivity contribution is 9.10. The molecule has 0 radical (unpaired) electrons. The van der Waals surface area contributed by atoms with E-state index in [-0.39, 0.29) is 17.2 Å². The molecule has 29 heavy (non-hydrogen) atoms. The molecule has 1 aliphatic rings. The molecule has 0 bridgehead atoms. The second kappa shape index (κ2) is 8.29. The Balaban J connectivity index is 2.07. The molecule has 0 spiro atoms. The Morgan fingerprint density at radius 1 is 1.14 bits per heavy atom. The largest absolute Gasteiger partial charge is 0.463 e. The number of nitrogens with two attached hydrogens (primary N) is 1. The molecule has 4 atom stereocenters. The van der Waals surface area contributed by atoms with Gasteiger partial charge in [0, 0.05) is 20.8 Å². The molecule has 2 aromatic rings. The van der Waals surface area contributed by atoms with E-state index in [9.17, 15) is 14.4 Å². The summed E-state index contributed by atoms with van der Waals surface area (Å²) in [5, 5.41) is 0. The molecule has 0 aromatic carbocycles. The topological polar surface area (TPSA) is 158 Å². The maximum absolute atomic E-state index is 11.7. The number of fused-ring (bicyclic) bond motifs is 1. The fourth-order valence-corrected chi connectivity index (χ4v) is 3.57. The van der Waals surface area contributed by atoms with Crippen LogP contribution in [-0.2, 0) is 33.3 Å². The molecular weight excluding hydrogens is 454 g/mol. The van der Waals surface area contributed by atoms with Crippen molar-refractivity contribution in [2.75, 3.05) is 12.3 Å². The Morgan fingerprint density at radius 2 is 1.79 bits per heavy atom. The van der Waals surface area contributed by atoms with E-state index in [0.717, 1.165) is 0 Å². The summed E-state index contributed by atoms with van der Waals surface area (Å²) in [5.41, 5.74) is 6.46. The van der Waals surface area contributed by atoms with Crippen molar-refractivity contribution >= 4 is 50.8 Å². The monoisotopic (exact) mass is 471 g/mol. The molecule has 0 saturated carbocycles. The van der Waals surface area contributed by atoms with Crippen molar-refractivity contribution in [3.63, 3.8) is 0 Å². The maximum atomic E-state index is 11.7. The number of nitrogens with zero attached hydrogens (tertiary/aromatic N) is 4. The number of esters is 3. The lowest BCUT2D eigenvalue weighted by Gasteiger charge is -2.24. The first-order valence-electron chi connectivity index (χ1n) is 8.46. The van der Waals surface area contributed by atoms with Crippen molar-refractivity contribution in [3.05, 3.63) is 11.1 Å². The molecule has 1 aliphatic heterocycles. The van der Waals surface area contributed by atoms with Crippen LogP contribution in [0.3, 0.4) is 0 Å². The molecule has 1 saturated heterocycles. The highest BCUT2D eigenvalue weighted by Gasteiger charge is 2.51. The minimum Gasteiger partial charge on any atom is -0.463 e. The molecule has 13 heteroatoms. The first-order valence-corrected chi connectivity index (χ1v) is 9.25. The summed E-state index contributed by atoms with van der Waals surface area (Å²) in [6, 6.07) is 0. The standard InChI is InChI=1S/C16H18BrN5O7/c1-6(23)26-4-9-11(27-7(2)24)12(28-8(3)25)15(29-9)22-14-10(21-16(22)17)13(18)19-5-20-14/h5,9,11-12,15H,4H2,1-3H3,(H2,18,19,20)/t9-,11-,12-,15-/m0/s1. The summed E-state index contributed by atoms with van der Waals surface area (Å²) in [5.74, 6) is -1.64. The van der Waals surface area contributed by atoms with Crippen molar-refractivity contribution in [2.45, 2.75) is 45.3 Å². The lowest BCUT2D eigenvalue weighted by Crippen LogP contribution is -2.40. The minimum atomic E-state index is -1.07. The smallest absolute Gasteiger partial charge is 0.303 e. The van der Waals surface area contributed by atoms with E-state index in [2.05, 4.69) is 30.9 Å². The number of carbonyl (C=O) groups is 3. The van der Waals surface area contributed by atoms with Gasteiger partial charge in [-0.05, 0) is 15.9 Å². The van der Waals surface area contributed by atoms with Gasteiger partial charge in [-0.25, -0.2) is 15.0 Å². The van der Waals surface area contributed by atoms with E-state index >= 15 is 0 Å². The lowest BCUT2D eigenvalue weighted by atomic mass is 10.1. The van der Waals surface area contributed by atoms with E-state index in [1.807, 2.05) is 0 Å². The van der Waals surface area contributed by atoms with Crippen molar-refractivity contribution < 1.29 is 33.3 Å². The van der Waals surface area contributed by atoms with Crippen molar-refractivity contribution in [1.82, 2.24) is 19.5 Å². The fraction of sp³-hybridized carbons (Fsp3) is 0.500. The molecule has 156 valence electrons. The number of imidazole rings is 1. The first kappa shape index (κ1) is 20.9. The average molecular weight is 472 g/mol. The SMILES string of the molecule is CC(=O)OC[C@@H]1O[C@H](n2c(Br)nc3c(N)ncnc32)[C@@H](OC(C)=O)[C@H]1OC(C)=O. The summed E-state index contributed by atoms with van der Waals surface area (Å²) in [7, 11) is 0. The van der Waals surface area contributed by atoms with Gasteiger partial charge in [0.25, 0.3) is 0 Å². The van der Waals surface area contributed by atoms with Crippen molar-refractivity contribution in [1.29, 1.82) is 0 Å². The van der Waals surface area contributed by atoms with Crippen molar-refractivity contribution in [3.8, 4) is 0 Å². The molecule has 1 fully saturated rings. The van der Waals surface area contributed by atoms with Crippen molar-refractivity contribution in [2.24, 2.45) is 0 Å². The number of halogens is 1. The van der Waals surface area contributed by atoms with Gasteiger partial charge in [0.05, 0.1) is 0 Å². The summed E-state index contributed by atoms with van der Waals surface area (Å²) in [6.07, 6.45) is -2.76. The van der Waals surface area contributed by atoms with Gasteiger partial charge in [0.1, 0.15) is 19.0 Å². The van der Waals surface area contributed by atoms with E-state index in [1.54, 1.807) is 0 Å². The molecule has 0 unspecified atom stereocenters. The van der Waals surface area contributed by atoms with Crippen LogP contribution in [0.2, 0.25) is 0 Å². The Morgan fingerprint density at radius 3 is 2.41 bits per heavy atom. The van der Waals surface area contributed by atoms with Crippen LogP contribution in [0.1, 0.15) is 27.0 Å². The Bertz CT molecular complexity index is 965. The summed E-state index contributed by atoms with van der Waals surface area (Å²) in [6.45, 7) is 3.43. The highest BCUT2D eigenvalue weighted by atomic mass is 79.9. The third kappa shape index (κ3) is 4.29. The predicted molar refractivity (Wildman–Crippen MR) is 99.1 cm³/mol. The molecule has 12 nitrogen and oxygen atoms in total. The first-order chi connectivity index (χ1) is 13.7. The summed E-state index contributed by atoms with van der Waals surface area (Å²) >= 11 is 3.32. The van der Waals surface area contributed by atoms with E-state index < -0.39 is 42.4 Å². The second-order valence-electron chi connectivity index (χ2n) is 6.20. The number of hydrogen-bond donors (Lipinski definition) is 1. The fourth-order valence-electron chi connectivity index (χ4n) is 3.03. The molecule has 0 amide bonds. The van der Waals surface area contributed by atoms with Gasteiger partial charge in [0.2, 0.25) is 0 Å². The molecule has 2 N–H and O–H groups in total. The Hall–Kier alpha value is -2.80. The van der Waals surface area contributed by atoms with E-state index in [4.69, 9.17) is 24.7 Å². The normalized spacial score (nSPS) is 23.7. The number of anilines is 1. The molecule has 3 heterocycles. The zero-order chi connectivity index (χ0) is 21.3. The quantitative estimate of drug-likeness (QED) is 0.367. The van der Waals surface area contributed by atoms with Gasteiger partial charge in [-0.15, -0.1) is 0 Å². The number of hydrogen-bond acceptors (Lipinski definition) is 11. The predicted octanol–water partition coefficient (Wildman–Crippen LogP) is 0.495. The number of ether oxygens (including phenoxy) is 4. The van der Waals surface area contributed by atoms with E-state index in [0.29, 0.717) is 11.2 Å². The number of rotatable bonds is 5. The second-order valence-corrected chi connectivity index (χ2v) is 6.91. The van der Waals surface area contributed by atoms with Crippen LogP contribution in [0, 0.1) is 0 Å². The number of carbonyl (C=O) groups excluding carboxylic acids is 3. The summed E-state index contributed by atoms with van der Waals surface area (Å²) in [4.78, 5) is 47.0. The van der Waals surface area contributed by atoms with Crippen LogP contribution in [0.5, 0.6) is 0 Å². The van der Waals surface area contributed by atoms with Gasteiger partial charge in [0.15, 0.2) is 40.2 Å². The Labute approximate surface area is 172 Å². The van der Waals surface area contributed by atoms with Crippen LogP contribution < -0.4 is 5.73 Å². The average Bonchev–Trinajstić information content (AvgIpc) is 3.11. The third-order valence-electron chi connectivity index (χ3n) is 4.06. The van der Waals surface area contributed by atoms with Gasteiger partial charge in [-0.1, -0.05) is 0 Å². The lowest BCUT2D eigenvalue weighted by molar-refractivity contribution is -0.166. The third-order valence-corrected chi connectivity index (χ3v) is 4.62. The van der Waals surface area contributed by atoms with Gasteiger partial charge < -0.3 is 24.7 Å². The molecule has 2 aromatic heterocycles. The molecule has 0 aliphatic carbocycles. The zero-order valence-electron chi connectivity index (χ0n) is 15.7. The van der Waals surface area contributed by atoms with Crippen LogP contribution >= 0.6 is 15.9 Å². The minimum absolute atomic E-state index is 0.143. The van der Waals surface area contributed by atoms with Crippen LogP contribution in [0.25, 0.3) is 11.2 Å². The van der Waals surface area contributed by atoms with Gasteiger partial charge in [-0.3, -0.25) is 19.0 Å². The van der Waals surface area contributed by atoms with Gasteiger partial charge >= 0.3 is 17.9 Å². The van der Waals surface area contributed by atoms with Crippen LogP contribution in [-0.4, -0.2) is 62.3 Å². The Kier molecular flexibility index (Phi) is 5.98. The maximum Gasteiger partial charge on any atom is 0.303 e.